The first kappa shape index (κ1) is 18.2. The van der Waals surface area contributed by atoms with Gasteiger partial charge in [-0.25, -0.2) is 0 Å². The molecule has 0 spiro atoms. The van der Waals surface area contributed by atoms with Crippen molar-refractivity contribution in [1.82, 2.24) is 4.57 Å². The van der Waals surface area contributed by atoms with Crippen LogP contribution in [-0.2, 0) is 6.54 Å². The number of rotatable bonds is 6. The van der Waals surface area contributed by atoms with Crippen molar-refractivity contribution in [3.8, 4) is 5.75 Å². The Morgan fingerprint density at radius 2 is 1.73 bits per heavy atom. The Morgan fingerprint density at radius 1 is 1.04 bits per heavy atom. The standard InChI is InChI=1S/C23H27NO2/c1-17-10-5-8-13-21(17)26-15-9-14-24-16-19(22(25)23(2,3)4)18-11-6-7-12-20(18)24/h5-8,10-13,16H,9,14-15H2,1-4H3. The zero-order valence-corrected chi connectivity index (χ0v) is 16.1. The Bertz CT molecular complexity index is 915. The summed E-state index contributed by atoms with van der Waals surface area (Å²) in [5, 5.41) is 1.03. The van der Waals surface area contributed by atoms with Gasteiger partial charge >= 0.3 is 0 Å². The number of para-hydroxylation sites is 2. The van der Waals surface area contributed by atoms with E-state index in [0.29, 0.717) is 6.61 Å². The third-order valence-corrected chi connectivity index (χ3v) is 4.61. The quantitative estimate of drug-likeness (QED) is 0.425. The minimum absolute atomic E-state index is 0.184. The maximum Gasteiger partial charge on any atom is 0.170 e. The summed E-state index contributed by atoms with van der Waals surface area (Å²) in [7, 11) is 0. The monoisotopic (exact) mass is 349 g/mol. The van der Waals surface area contributed by atoms with Crippen LogP contribution in [0.2, 0.25) is 0 Å². The van der Waals surface area contributed by atoms with Crippen molar-refractivity contribution in [1.29, 1.82) is 0 Å². The van der Waals surface area contributed by atoms with Gasteiger partial charge in [0.25, 0.3) is 0 Å². The van der Waals surface area contributed by atoms with Gasteiger partial charge in [-0.1, -0.05) is 57.2 Å². The maximum absolute atomic E-state index is 12.8. The normalized spacial score (nSPS) is 11.7. The van der Waals surface area contributed by atoms with Gasteiger partial charge in [0.05, 0.1) is 6.61 Å². The van der Waals surface area contributed by atoms with E-state index < -0.39 is 0 Å². The molecule has 2 aromatic carbocycles. The first-order valence-electron chi connectivity index (χ1n) is 9.19. The summed E-state index contributed by atoms with van der Waals surface area (Å²) in [6, 6.07) is 16.2. The van der Waals surface area contributed by atoms with Gasteiger partial charge in [0.15, 0.2) is 5.78 Å². The lowest BCUT2D eigenvalue weighted by Gasteiger charge is -2.15. The zero-order chi connectivity index (χ0) is 18.7. The molecule has 0 saturated heterocycles. The number of carbonyl (C=O) groups is 1. The summed E-state index contributed by atoms with van der Waals surface area (Å²) >= 11 is 0. The van der Waals surface area contributed by atoms with E-state index in [1.807, 2.05) is 63.4 Å². The Labute approximate surface area is 155 Å². The molecule has 0 atom stereocenters. The van der Waals surface area contributed by atoms with Gasteiger partial charge in [0.2, 0.25) is 0 Å². The van der Waals surface area contributed by atoms with Crippen molar-refractivity contribution in [3.63, 3.8) is 0 Å². The second-order valence-corrected chi connectivity index (χ2v) is 7.80. The SMILES string of the molecule is Cc1ccccc1OCCCn1cc(C(=O)C(C)(C)C)c2ccccc21. The molecule has 0 amide bonds. The van der Waals surface area contributed by atoms with Gasteiger partial charge in [-0.3, -0.25) is 4.79 Å². The summed E-state index contributed by atoms with van der Waals surface area (Å²) in [5.74, 6) is 1.12. The van der Waals surface area contributed by atoms with Gasteiger partial charge in [-0.05, 0) is 31.0 Å². The molecule has 136 valence electrons. The molecule has 3 aromatic rings. The maximum atomic E-state index is 12.8. The lowest BCUT2D eigenvalue weighted by Crippen LogP contribution is -2.19. The van der Waals surface area contributed by atoms with Crippen LogP contribution in [0.5, 0.6) is 5.75 Å². The molecule has 0 bridgehead atoms. The van der Waals surface area contributed by atoms with E-state index in [2.05, 4.69) is 23.6 Å². The number of ether oxygens (including phenoxy) is 1. The molecule has 3 nitrogen and oxygen atoms in total. The minimum Gasteiger partial charge on any atom is -0.493 e. The smallest absolute Gasteiger partial charge is 0.170 e. The van der Waals surface area contributed by atoms with Crippen LogP contribution in [0, 0.1) is 12.3 Å². The van der Waals surface area contributed by atoms with E-state index in [4.69, 9.17) is 4.74 Å². The van der Waals surface area contributed by atoms with Crippen molar-refractivity contribution in [2.75, 3.05) is 6.61 Å². The molecule has 0 saturated carbocycles. The van der Waals surface area contributed by atoms with Gasteiger partial charge < -0.3 is 9.30 Å². The molecule has 0 N–H and O–H groups in total. The number of ketones is 1. The number of carbonyl (C=O) groups excluding carboxylic acids is 1. The molecule has 0 aliphatic rings. The van der Waals surface area contributed by atoms with Crippen LogP contribution < -0.4 is 4.74 Å². The molecule has 0 fully saturated rings. The van der Waals surface area contributed by atoms with Crippen molar-refractivity contribution >= 4 is 16.7 Å². The third-order valence-electron chi connectivity index (χ3n) is 4.61. The van der Waals surface area contributed by atoms with Crippen LogP contribution in [0.15, 0.2) is 54.7 Å². The van der Waals surface area contributed by atoms with Crippen molar-refractivity contribution in [2.45, 2.75) is 40.7 Å². The molecule has 0 radical (unpaired) electrons. The molecule has 0 aliphatic heterocycles. The van der Waals surface area contributed by atoms with Crippen molar-refractivity contribution in [3.05, 3.63) is 65.9 Å². The van der Waals surface area contributed by atoms with E-state index in [0.717, 1.165) is 40.7 Å². The van der Waals surface area contributed by atoms with E-state index in [9.17, 15) is 4.79 Å². The number of nitrogens with zero attached hydrogens (tertiary/aromatic N) is 1. The fraction of sp³-hybridized carbons (Fsp3) is 0.348. The Hall–Kier alpha value is -2.55. The van der Waals surface area contributed by atoms with Gasteiger partial charge in [0, 0.05) is 34.6 Å². The number of aryl methyl sites for hydroxylation is 2. The van der Waals surface area contributed by atoms with Crippen LogP contribution in [0.3, 0.4) is 0 Å². The summed E-state index contributed by atoms with van der Waals surface area (Å²) in [6.07, 6.45) is 2.89. The molecule has 26 heavy (non-hydrogen) atoms. The number of benzene rings is 2. The number of hydrogen-bond donors (Lipinski definition) is 0. The zero-order valence-electron chi connectivity index (χ0n) is 16.1. The largest absolute Gasteiger partial charge is 0.493 e. The molecule has 1 aromatic heterocycles. The molecule has 0 unspecified atom stereocenters. The van der Waals surface area contributed by atoms with Gasteiger partial charge in [-0.15, -0.1) is 0 Å². The third kappa shape index (κ3) is 3.82. The van der Waals surface area contributed by atoms with Crippen LogP contribution >= 0.6 is 0 Å². The average Bonchev–Trinajstić information content (AvgIpc) is 2.97. The van der Waals surface area contributed by atoms with Crippen molar-refractivity contribution in [2.24, 2.45) is 5.41 Å². The highest BCUT2D eigenvalue weighted by Gasteiger charge is 2.26. The molecular weight excluding hydrogens is 322 g/mol. The fourth-order valence-corrected chi connectivity index (χ4v) is 3.15. The van der Waals surface area contributed by atoms with E-state index in [1.165, 1.54) is 0 Å². The first-order chi connectivity index (χ1) is 12.4. The number of hydrogen-bond acceptors (Lipinski definition) is 2. The van der Waals surface area contributed by atoms with Crippen LogP contribution in [0.25, 0.3) is 10.9 Å². The van der Waals surface area contributed by atoms with E-state index in [-0.39, 0.29) is 11.2 Å². The summed E-state index contributed by atoms with van der Waals surface area (Å²) in [4.78, 5) is 12.8. The topological polar surface area (TPSA) is 31.2 Å². The number of fused-ring (bicyclic) bond motifs is 1. The summed E-state index contributed by atoms with van der Waals surface area (Å²) < 4.78 is 8.07. The van der Waals surface area contributed by atoms with Crippen LogP contribution in [0.1, 0.15) is 43.1 Å². The summed E-state index contributed by atoms with van der Waals surface area (Å²) in [5.41, 5.74) is 2.68. The number of Topliss-reactive ketones (excluding diaryl/α,β-unsaturated/α-hetero) is 1. The second kappa shape index (κ2) is 7.36. The predicted molar refractivity (Wildman–Crippen MR) is 107 cm³/mol. The molecule has 1 heterocycles. The highest BCUT2D eigenvalue weighted by Crippen LogP contribution is 2.28. The predicted octanol–water partition coefficient (Wildman–Crippen LogP) is 5.65. The van der Waals surface area contributed by atoms with E-state index in [1.54, 1.807) is 0 Å². The molecule has 0 aliphatic carbocycles. The van der Waals surface area contributed by atoms with Crippen molar-refractivity contribution < 1.29 is 9.53 Å². The first-order valence-corrected chi connectivity index (χ1v) is 9.19. The Balaban J connectivity index is 1.74. The Kier molecular flexibility index (Phi) is 5.17. The average molecular weight is 349 g/mol. The van der Waals surface area contributed by atoms with Gasteiger partial charge in [0.1, 0.15) is 5.75 Å². The molecule has 3 heteroatoms. The highest BCUT2D eigenvalue weighted by atomic mass is 16.5. The van der Waals surface area contributed by atoms with Crippen LogP contribution in [0.4, 0.5) is 0 Å². The van der Waals surface area contributed by atoms with Gasteiger partial charge in [-0.2, -0.15) is 0 Å². The summed E-state index contributed by atoms with van der Waals surface area (Å²) in [6.45, 7) is 9.44. The second-order valence-electron chi connectivity index (χ2n) is 7.80. The Morgan fingerprint density at radius 3 is 2.46 bits per heavy atom. The molecular formula is C23H27NO2. The van der Waals surface area contributed by atoms with E-state index >= 15 is 0 Å². The lowest BCUT2D eigenvalue weighted by molar-refractivity contribution is 0.0860. The van der Waals surface area contributed by atoms with Crippen LogP contribution in [-0.4, -0.2) is 17.0 Å². The molecule has 3 rings (SSSR count). The lowest BCUT2D eigenvalue weighted by atomic mass is 9.86. The minimum atomic E-state index is -0.386. The number of aromatic nitrogens is 1. The fourth-order valence-electron chi connectivity index (χ4n) is 3.15. The highest BCUT2D eigenvalue weighted by molar-refractivity contribution is 6.10.